The molecule has 1 aliphatic rings. The number of anilines is 4. The van der Waals surface area contributed by atoms with Gasteiger partial charge in [0.25, 0.3) is 0 Å². The Morgan fingerprint density at radius 3 is 2.36 bits per heavy atom. The molecule has 1 unspecified atom stereocenters. The highest BCUT2D eigenvalue weighted by Gasteiger charge is 2.35. The molecule has 0 radical (unpaired) electrons. The highest BCUT2D eigenvalue weighted by Crippen LogP contribution is 2.38. The van der Waals surface area contributed by atoms with E-state index in [9.17, 15) is 9.59 Å². The summed E-state index contributed by atoms with van der Waals surface area (Å²) in [5.41, 5.74) is 16.9. The SMILES string of the molecule is CC(=O)N(CCN(C)C)c1ccc(N=C(c2ccc(N)c(N)c2)C2C(=O)Nc3cc(Cl)ccc32)cc1. The predicted molar refractivity (Wildman–Crippen MR) is 147 cm³/mol. The number of amides is 2. The van der Waals surface area contributed by atoms with Gasteiger partial charge in [-0.15, -0.1) is 0 Å². The van der Waals surface area contributed by atoms with Crippen LogP contribution in [0, 0.1) is 0 Å². The van der Waals surface area contributed by atoms with E-state index in [4.69, 9.17) is 28.1 Å². The molecule has 2 amide bonds. The molecule has 4 rings (SSSR count). The number of hydrogen-bond acceptors (Lipinski definition) is 6. The summed E-state index contributed by atoms with van der Waals surface area (Å²) in [4.78, 5) is 34.0. The number of carbonyl (C=O) groups is 2. The maximum atomic E-state index is 13.1. The molecule has 3 aromatic carbocycles. The van der Waals surface area contributed by atoms with Crippen LogP contribution in [0.25, 0.3) is 0 Å². The Labute approximate surface area is 215 Å². The minimum absolute atomic E-state index is 0.0379. The lowest BCUT2D eigenvalue weighted by Gasteiger charge is -2.23. The van der Waals surface area contributed by atoms with E-state index in [0.29, 0.717) is 45.6 Å². The first kappa shape index (κ1) is 25.2. The quantitative estimate of drug-likeness (QED) is 0.328. The van der Waals surface area contributed by atoms with Crippen LogP contribution in [0.2, 0.25) is 5.02 Å². The number of nitrogen functional groups attached to an aromatic ring is 2. The lowest BCUT2D eigenvalue weighted by Crippen LogP contribution is -2.35. The van der Waals surface area contributed by atoms with E-state index in [1.54, 1.807) is 42.2 Å². The van der Waals surface area contributed by atoms with E-state index in [1.165, 1.54) is 0 Å². The van der Waals surface area contributed by atoms with Gasteiger partial charge in [-0.05, 0) is 73.8 Å². The smallest absolute Gasteiger partial charge is 0.238 e. The third-order valence-electron chi connectivity index (χ3n) is 6.06. The summed E-state index contributed by atoms with van der Waals surface area (Å²) in [6.45, 7) is 2.86. The molecule has 0 saturated heterocycles. The predicted octanol–water partition coefficient (Wildman–Crippen LogP) is 4.28. The lowest BCUT2D eigenvalue weighted by atomic mass is 9.90. The largest absolute Gasteiger partial charge is 0.397 e. The van der Waals surface area contributed by atoms with Crippen molar-refractivity contribution in [3.63, 3.8) is 0 Å². The average Bonchev–Trinajstić information content (AvgIpc) is 3.14. The van der Waals surface area contributed by atoms with Crippen LogP contribution in [-0.4, -0.2) is 49.6 Å². The standard InChI is InChI=1S/C27H29ClN6O2/c1-16(35)34(13-12-33(2)3)20-8-6-19(7-9-20)31-26(17-4-11-22(29)23(30)14-17)25-21-10-5-18(28)15-24(21)32-27(25)36/h4-11,14-15,25H,12-13,29-30H2,1-3H3,(H,32,36). The summed E-state index contributed by atoms with van der Waals surface area (Å²) in [6, 6.07) is 17.9. The van der Waals surface area contributed by atoms with Gasteiger partial charge in [0.15, 0.2) is 0 Å². The maximum absolute atomic E-state index is 13.1. The molecule has 1 aliphatic heterocycles. The van der Waals surface area contributed by atoms with Crippen molar-refractivity contribution in [1.29, 1.82) is 0 Å². The zero-order valence-corrected chi connectivity index (χ0v) is 21.2. The Balaban J connectivity index is 1.76. The van der Waals surface area contributed by atoms with E-state index < -0.39 is 5.92 Å². The highest BCUT2D eigenvalue weighted by atomic mass is 35.5. The summed E-state index contributed by atoms with van der Waals surface area (Å²) in [5.74, 6) is -0.901. The van der Waals surface area contributed by atoms with E-state index in [1.807, 2.05) is 49.3 Å². The second kappa shape index (κ2) is 10.4. The van der Waals surface area contributed by atoms with E-state index >= 15 is 0 Å². The van der Waals surface area contributed by atoms with Crippen LogP contribution in [0.1, 0.15) is 24.0 Å². The topological polar surface area (TPSA) is 117 Å². The van der Waals surface area contributed by atoms with Crippen molar-refractivity contribution in [3.05, 3.63) is 76.8 Å². The normalized spacial score (nSPS) is 15.1. The van der Waals surface area contributed by atoms with Crippen molar-refractivity contribution in [2.45, 2.75) is 12.8 Å². The van der Waals surface area contributed by atoms with Gasteiger partial charge in [0.05, 0.1) is 22.8 Å². The molecule has 8 nitrogen and oxygen atoms in total. The number of benzene rings is 3. The minimum atomic E-state index is -0.659. The molecule has 3 aromatic rings. The number of aliphatic imine (C=N–C) groups is 1. The number of halogens is 1. The monoisotopic (exact) mass is 504 g/mol. The molecular formula is C27H29ClN6O2. The summed E-state index contributed by atoms with van der Waals surface area (Å²) in [6.07, 6.45) is 0. The Morgan fingerprint density at radius 1 is 1.00 bits per heavy atom. The van der Waals surface area contributed by atoms with Crippen molar-refractivity contribution in [2.75, 3.05) is 48.9 Å². The Bertz CT molecular complexity index is 1340. The zero-order chi connectivity index (χ0) is 26.0. The van der Waals surface area contributed by atoms with Gasteiger partial charge in [-0.1, -0.05) is 23.7 Å². The number of nitrogens with zero attached hydrogens (tertiary/aromatic N) is 3. The molecule has 0 fully saturated rings. The van der Waals surface area contributed by atoms with Gasteiger partial charge in [-0.25, -0.2) is 0 Å². The zero-order valence-electron chi connectivity index (χ0n) is 20.5. The molecule has 9 heteroatoms. The minimum Gasteiger partial charge on any atom is -0.397 e. The molecule has 0 spiro atoms. The third kappa shape index (κ3) is 5.35. The van der Waals surface area contributed by atoms with Crippen molar-refractivity contribution in [1.82, 2.24) is 4.90 Å². The van der Waals surface area contributed by atoms with Crippen LogP contribution in [0.4, 0.5) is 28.4 Å². The van der Waals surface area contributed by atoms with Crippen LogP contribution < -0.4 is 21.7 Å². The van der Waals surface area contributed by atoms with E-state index in [-0.39, 0.29) is 11.8 Å². The van der Waals surface area contributed by atoms with Crippen LogP contribution in [0.15, 0.2) is 65.7 Å². The number of rotatable bonds is 7. The van der Waals surface area contributed by atoms with Crippen LogP contribution in [0.3, 0.4) is 0 Å². The summed E-state index contributed by atoms with van der Waals surface area (Å²) in [7, 11) is 3.93. The van der Waals surface area contributed by atoms with E-state index in [0.717, 1.165) is 17.8 Å². The molecule has 36 heavy (non-hydrogen) atoms. The van der Waals surface area contributed by atoms with E-state index in [2.05, 4.69) is 5.32 Å². The van der Waals surface area contributed by atoms with Gasteiger partial charge in [-0.2, -0.15) is 0 Å². The molecule has 5 N–H and O–H groups in total. The summed E-state index contributed by atoms with van der Waals surface area (Å²) >= 11 is 6.14. The number of hydrogen-bond donors (Lipinski definition) is 3. The molecule has 0 aliphatic carbocycles. The fourth-order valence-corrected chi connectivity index (χ4v) is 4.32. The third-order valence-corrected chi connectivity index (χ3v) is 6.30. The first-order chi connectivity index (χ1) is 17.1. The summed E-state index contributed by atoms with van der Waals surface area (Å²) < 4.78 is 0. The second-order valence-corrected chi connectivity index (χ2v) is 9.42. The number of nitrogens with two attached hydrogens (primary N) is 2. The van der Waals surface area contributed by atoms with Crippen molar-refractivity contribution in [3.8, 4) is 0 Å². The summed E-state index contributed by atoms with van der Waals surface area (Å²) in [5, 5.41) is 3.43. The number of likely N-dealkylation sites (N-methyl/N-ethyl adjacent to an activating group) is 1. The second-order valence-electron chi connectivity index (χ2n) is 8.98. The van der Waals surface area contributed by atoms with Gasteiger partial charge in [0.1, 0.15) is 5.92 Å². The molecule has 186 valence electrons. The van der Waals surface area contributed by atoms with Gasteiger partial charge < -0.3 is 26.6 Å². The fourth-order valence-electron chi connectivity index (χ4n) is 4.15. The molecular weight excluding hydrogens is 476 g/mol. The first-order valence-corrected chi connectivity index (χ1v) is 11.9. The molecule has 1 atom stereocenters. The van der Waals surface area contributed by atoms with Gasteiger partial charge in [-0.3, -0.25) is 14.6 Å². The number of carbonyl (C=O) groups excluding carboxylic acids is 2. The molecule has 0 saturated carbocycles. The van der Waals surface area contributed by atoms with Crippen molar-refractivity contribution < 1.29 is 9.59 Å². The highest BCUT2D eigenvalue weighted by molar-refractivity contribution is 6.31. The Kier molecular flexibility index (Phi) is 7.28. The van der Waals surface area contributed by atoms with Gasteiger partial charge in [0.2, 0.25) is 11.8 Å². The van der Waals surface area contributed by atoms with Crippen molar-refractivity contribution >= 4 is 57.6 Å². The van der Waals surface area contributed by atoms with Crippen LogP contribution >= 0.6 is 11.6 Å². The Morgan fingerprint density at radius 2 is 1.72 bits per heavy atom. The van der Waals surface area contributed by atoms with Gasteiger partial charge >= 0.3 is 0 Å². The van der Waals surface area contributed by atoms with Gasteiger partial charge in [0, 0.05) is 36.4 Å². The molecule has 0 bridgehead atoms. The van der Waals surface area contributed by atoms with Crippen LogP contribution in [0.5, 0.6) is 0 Å². The van der Waals surface area contributed by atoms with Crippen LogP contribution in [-0.2, 0) is 9.59 Å². The number of nitrogens with one attached hydrogen (secondary N) is 1. The van der Waals surface area contributed by atoms with Crippen molar-refractivity contribution in [2.24, 2.45) is 4.99 Å². The maximum Gasteiger partial charge on any atom is 0.238 e. The number of fused-ring (bicyclic) bond motifs is 1. The Hall–Kier alpha value is -3.88. The molecule has 1 heterocycles. The first-order valence-electron chi connectivity index (χ1n) is 11.5. The lowest BCUT2D eigenvalue weighted by molar-refractivity contribution is -0.117. The average molecular weight is 505 g/mol. The molecule has 0 aromatic heterocycles. The fraction of sp³-hybridized carbons (Fsp3) is 0.222.